The smallest absolute Gasteiger partial charge is 0.251 e. The van der Waals surface area contributed by atoms with Gasteiger partial charge in [0.1, 0.15) is 0 Å². The van der Waals surface area contributed by atoms with Crippen LogP contribution < -0.4 is 10.6 Å². The maximum absolute atomic E-state index is 12.2. The Morgan fingerprint density at radius 2 is 2.10 bits per heavy atom. The highest BCUT2D eigenvalue weighted by Gasteiger charge is 2.44. The summed E-state index contributed by atoms with van der Waals surface area (Å²) in [4.78, 5) is 12.2. The van der Waals surface area contributed by atoms with Crippen LogP contribution >= 0.6 is 0 Å². The van der Waals surface area contributed by atoms with E-state index >= 15 is 0 Å². The molecule has 2 N–H and O–H groups in total. The minimum atomic E-state index is 0.0801. The highest BCUT2D eigenvalue weighted by molar-refractivity contribution is 5.94. The van der Waals surface area contributed by atoms with Crippen molar-refractivity contribution in [2.24, 2.45) is 11.3 Å². The molecule has 3 rings (SSSR count). The van der Waals surface area contributed by atoms with Gasteiger partial charge < -0.3 is 10.6 Å². The first-order valence-corrected chi connectivity index (χ1v) is 8.29. The fourth-order valence-electron chi connectivity index (χ4n) is 3.95. The fourth-order valence-corrected chi connectivity index (χ4v) is 3.95. The summed E-state index contributed by atoms with van der Waals surface area (Å²) in [5.74, 6) is 0.762. The standard InChI is InChI=1S/C18H26N2O/c1-2-14-4-3-5-16(10-14)17(21)20-13-15-11-18(12-15)6-8-19-9-7-18/h3-5,10,15,19H,2,6-9,11-13H2,1H3,(H,20,21). The molecule has 3 heteroatoms. The van der Waals surface area contributed by atoms with Crippen LogP contribution in [0.1, 0.15) is 48.5 Å². The summed E-state index contributed by atoms with van der Waals surface area (Å²) in [6, 6.07) is 7.96. The van der Waals surface area contributed by atoms with Gasteiger partial charge in [0.2, 0.25) is 0 Å². The Morgan fingerprint density at radius 3 is 2.81 bits per heavy atom. The minimum absolute atomic E-state index is 0.0801. The van der Waals surface area contributed by atoms with Crippen LogP contribution in [0.25, 0.3) is 0 Å². The van der Waals surface area contributed by atoms with Gasteiger partial charge in [0.05, 0.1) is 0 Å². The molecule has 2 fully saturated rings. The monoisotopic (exact) mass is 286 g/mol. The van der Waals surface area contributed by atoms with E-state index < -0.39 is 0 Å². The highest BCUT2D eigenvalue weighted by atomic mass is 16.1. The maximum Gasteiger partial charge on any atom is 0.251 e. The predicted octanol–water partition coefficient (Wildman–Crippen LogP) is 2.76. The third kappa shape index (κ3) is 3.29. The number of rotatable bonds is 4. The molecule has 1 aromatic rings. The Labute approximate surface area is 127 Å². The van der Waals surface area contributed by atoms with Crippen molar-refractivity contribution >= 4 is 5.91 Å². The summed E-state index contributed by atoms with van der Waals surface area (Å²) in [5.41, 5.74) is 2.62. The lowest BCUT2D eigenvalue weighted by molar-refractivity contribution is 0.0220. The van der Waals surface area contributed by atoms with Crippen molar-refractivity contribution in [3.63, 3.8) is 0 Å². The van der Waals surface area contributed by atoms with Gasteiger partial charge in [-0.15, -0.1) is 0 Å². The third-order valence-electron chi connectivity index (χ3n) is 5.26. The molecule has 0 radical (unpaired) electrons. The van der Waals surface area contributed by atoms with Gasteiger partial charge in [-0.2, -0.15) is 0 Å². The van der Waals surface area contributed by atoms with Gasteiger partial charge in [0, 0.05) is 12.1 Å². The molecule has 1 aliphatic heterocycles. The van der Waals surface area contributed by atoms with Crippen LogP contribution in [-0.2, 0) is 6.42 Å². The van der Waals surface area contributed by atoms with Crippen molar-refractivity contribution in [2.45, 2.75) is 39.0 Å². The fraction of sp³-hybridized carbons (Fsp3) is 0.611. The van der Waals surface area contributed by atoms with Crippen LogP contribution in [-0.4, -0.2) is 25.5 Å². The summed E-state index contributed by atoms with van der Waals surface area (Å²) in [5, 5.41) is 6.56. The van der Waals surface area contributed by atoms with E-state index in [4.69, 9.17) is 0 Å². The highest BCUT2D eigenvalue weighted by Crippen LogP contribution is 2.51. The van der Waals surface area contributed by atoms with Gasteiger partial charge in [-0.1, -0.05) is 19.1 Å². The summed E-state index contributed by atoms with van der Waals surface area (Å²) in [7, 11) is 0. The second-order valence-corrected chi connectivity index (χ2v) is 6.79. The lowest BCUT2D eigenvalue weighted by atomic mass is 9.58. The molecule has 1 spiro atoms. The first kappa shape index (κ1) is 14.6. The Morgan fingerprint density at radius 1 is 1.33 bits per heavy atom. The van der Waals surface area contributed by atoms with E-state index in [0.29, 0.717) is 11.3 Å². The topological polar surface area (TPSA) is 41.1 Å². The van der Waals surface area contributed by atoms with Crippen LogP contribution in [0.15, 0.2) is 24.3 Å². The Kier molecular flexibility index (Phi) is 4.29. The summed E-state index contributed by atoms with van der Waals surface area (Å²) >= 11 is 0. The average molecular weight is 286 g/mol. The zero-order chi connectivity index (χ0) is 14.7. The van der Waals surface area contributed by atoms with Crippen molar-refractivity contribution in [3.8, 4) is 0 Å². The number of piperidine rings is 1. The van der Waals surface area contributed by atoms with Crippen molar-refractivity contribution in [1.82, 2.24) is 10.6 Å². The molecule has 0 bridgehead atoms. The largest absolute Gasteiger partial charge is 0.352 e. The van der Waals surface area contributed by atoms with E-state index in [1.54, 1.807) is 0 Å². The minimum Gasteiger partial charge on any atom is -0.352 e. The number of hydrogen-bond donors (Lipinski definition) is 2. The quantitative estimate of drug-likeness (QED) is 0.893. The number of benzene rings is 1. The number of aryl methyl sites for hydroxylation is 1. The van der Waals surface area contributed by atoms with E-state index in [0.717, 1.165) is 18.5 Å². The summed E-state index contributed by atoms with van der Waals surface area (Å²) in [6.07, 6.45) is 6.19. The van der Waals surface area contributed by atoms with E-state index in [1.165, 1.54) is 44.3 Å². The van der Waals surface area contributed by atoms with E-state index in [1.807, 2.05) is 18.2 Å². The molecular formula is C18H26N2O. The maximum atomic E-state index is 12.2. The second kappa shape index (κ2) is 6.18. The number of carbonyl (C=O) groups excluding carboxylic acids is 1. The number of hydrogen-bond acceptors (Lipinski definition) is 2. The van der Waals surface area contributed by atoms with Crippen molar-refractivity contribution < 1.29 is 4.79 Å². The normalized spacial score (nSPS) is 21.0. The third-order valence-corrected chi connectivity index (χ3v) is 5.26. The SMILES string of the molecule is CCc1cccc(C(=O)NCC2CC3(CCNCC3)C2)c1. The van der Waals surface area contributed by atoms with Crippen LogP contribution in [0.3, 0.4) is 0 Å². The van der Waals surface area contributed by atoms with Gasteiger partial charge in [-0.3, -0.25) is 4.79 Å². The molecule has 1 aromatic carbocycles. The zero-order valence-electron chi connectivity index (χ0n) is 13.0. The molecule has 114 valence electrons. The van der Waals surface area contributed by atoms with Crippen molar-refractivity contribution in [2.75, 3.05) is 19.6 Å². The molecular weight excluding hydrogens is 260 g/mol. The summed E-state index contributed by atoms with van der Waals surface area (Å²) in [6.45, 7) is 5.29. The predicted molar refractivity (Wildman–Crippen MR) is 85.4 cm³/mol. The van der Waals surface area contributed by atoms with E-state index in [-0.39, 0.29) is 5.91 Å². The van der Waals surface area contributed by atoms with Gasteiger partial charge in [-0.05, 0) is 74.2 Å². The lowest BCUT2D eigenvalue weighted by Gasteiger charge is -2.50. The molecule has 2 aliphatic rings. The van der Waals surface area contributed by atoms with Crippen LogP contribution in [0.5, 0.6) is 0 Å². The molecule has 0 unspecified atom stereocenters. The second-order valence-electron chi connectivity index (χ2n) is 6.79. The van der Waals surface area contributed by atoms with Gasteiger partial charge in [-0.25, -0.2) is 0 Å². The van der Waals surface area contributed by atoms with Crippen LogP contribution in [0, 0.1) is 11.3 Å². The summed E-state index contributed by atoms with van der Waals surface area (Å²) < 4.78 is 0. The molecule has 1 saturated heterocycles. The first-order valence-electron chi connectivity index (χ1n) is 8.29. The van der Waals surface area contributed by atoms with Crippen LogP contribution in [0.4, 0.5) is 0 Å². The van der Waals surface area contributed by atoms with Crippen molar-refractivity contribution in [1.29, 1.82) is 0 Å². The van der Waals surface area contributed by atoms with Gasteiger partial charge in [0.25, 0.3) is 5.91 Å². The molecule has 21 heavy (non-hydrogen) atoms. The Balaban J connectivity index is 1.46. The molecule has 0 atom stereocenters. The molecule has 1 heterocycles. The average Bonchev–Trinajstić information content (AvgIpc) is 2.51. The first-order chi connectivity index (χ1) is 10.2. The van der Waals surface area contributed by atoms with Crippen molar-refractivity contribution in [3.05, 3.63) is 35.4 Å². The van der Waals surface area contributed by atoms with E-state index in [9.17, 15) is 4.79 Å². The molecule has 3 nitrogen and oxygen atoms in total. The molecule has 1 aliphatic carbocycles. The van der Waals surface area contributed by atoms with Crippen LogP contribution in [0.2, 0.25) is 0 Å². The van der Waals surface area contributed by atoms with Gasteiger partial charge in [0.15, 0.2) is 0 Å². The zero-order valence-corrected chi connectivity index (χ0v) is 13.0. The van der Waals surface area contributed by atoms with E-state index in [2.05, 4.69) is 23.6 Å². The lowest BCUT2D eigenvalue weighted by Crippen LogP contribution is -2.48. The Bertz CT molecular complexity index is 498. The number of nitrogens with one attached hydrogen (secondary N) is 2. The van der Waals surface area contributed by atoms with Gasteiger partial charge >= 0.3 is 0 Å². The molecule has 1 amide bonds. The molecule has 1 saturated carbocycles. The number of carbonyl (C=O) groups is 1. The number of amides is 1. The molecule has 0 aromatic heterocycles. The Hall–Kier alpha value is -1.35.